The monoisotopic (exact) mass is 632 g/mol. The van der Waals surface area contributed by atoms with Gasteiger partial charge in [-0.3, -0.25) is 10.2 Å². The Morgan fingerprint density at radius 3 is 2.57 bits per heavy atom. The first-order chi connectivity index (χ1) is 22.2. The third-order valence-corrected chi connectivity index (χ3v) is 7.68. The van der Waals surface area contributed by atoms with E-state index in [1.165, 1.54) is 12.3 Å². The van der Waals surface area contributed by atoms with E-state index < -0.39 is 24.1 Å². The lowest BCUT2D eigenvalue weighted by molar-refractivity contribution is -0.154. The fourth-order valence-corrected chi connectivity index (χ4v) is 5.29. The van der Waals surface area contributed by atoms with Gasteiger partial charge in [0.2, 0.25) is 11.9 Å². The highest BCUT2D eigenvalue weighted by Gasteiger charge is 2.37. The largest absolute Gasteiger partial charge is 0.383 e. The number of aromatic nitrogens is 5. The molecule has 3 aromatic heterocycles. The van der Waals surface area contributed by atoms with E-state index >= 15 is 0 Å². The number of ether oxygens (including phenoxy) is 1. The Hall–Kier alpha value is -4.50. The van der Waals surface area contributed by atoms with Crippen molar-refractivity contribution in [3.63, 3.8) is 0 Å². The van der Waals surface area contributed by atoms with Gasteiger partial charge in [-0.15, -0.1) is 0 Å². The number of hydrogen-bond donors (Lipinski definition) is 2. The average Bonchev–Trinajstić information content (AvgIpc) is 3.60. The van der Waals surface area contributed by atoms with Gasteiger partial charge in [0, 0.05) is 63.5 Å². The van der Waals surface area contributed by atoms with Crippen molar-refractivity contribution in [1.82, 2.24) is 40.0 Å². The van der Waals surface area contributed by atoms with Gasteiger partial charge < -0.3 is 19.9 Å². The van der Waals surface area contributed by atoms with Crippen molar-refractivity contribution in [2.75, 3.05) is 71.3 Å². The molecule has 46 heavy (non-hydrogen) atoms. The number of halogens is 1. The van der Waals surface area contributed by atoms with E-state index in [1.54, 1.807) is 35.3 Å². The van der Waals surface area contributed by atoms with Crippen LogP contribution in [0.5, 0.6) is 0 Å². The van der Waals surface area contributed by atoms with Crippen molar-refractivity contribution in [3.8, 4) is 16.9 Å². The molecule has 4 heterocycles. The third-order valence-electron chi connectivity index (χ3n) is 7.68. The van der Waals surface area contributed by atoms with Crippen molar-refractivity contribution in [3.05, 3.63) is 78.1 Å². The van der Waals surface area contributed by atoms with Crippen molar-refractivity contribution in [1.29, 1.82) is 0 Å². The molecule has 0 saturated carbocycles. The molecule has 2 N–H and O–H groups in total. The number of carbonyl (C=O) groups is 1. The van der Waals surface area contributed by atoms with Gasteiger partial charge in [-0.05, 0) is 63.8 Å². The summed E-state index contributed by atoms with van der Waals surface area (Å²) in [6, 6.07) is 11.6. The molecule has 2 atom stereocenters. The minimum absolute atomic E-state index is 0.376. The van der Waals surface area contributed by atoms with Gasteiger partial charge in [0.1, 0.15) is 17.6 Å². The van der Waals surface area contributed by atoms with E-state index in [0.29, 0.717) is 42.7 Å². The van der Waals surface area contributed by atoms with Crippen LogP contribution in [0.25, 0.3) is 16.9 Å². The number of benzene rings is 1. The summed E-state index contributed by atoms with van der Waals surface area (Å²) in [5.74, 6) is 0.495. The van der Waals surface area contributed by atoms with E-state index in [4.69, 9.17) is 14.7 Å². The van der Waals surface area contributed by atoms with Gasteiger partial charge in [0.25, 0.3) is 0 Å². The van der Waals surface area contributed by atoms with Crippen LogP contribution < -0.4 is 15.5 Å². The summed E-state index contributed by atoms with van der Waals surface area (Å²) in [5, 5.41) is 12.6. The highest BCUT2D eigenvalue weighted by Crippen LogP contribution is 2.32. The molecule has 244 valence electrons. The number of amides is 2. The number of nitrogens with one attached hydrogen (secondary N) is 2. The number of anilines is 2. The van der Waals surface area contributed by atoms with Crippen LogP contribution in [0.4, 0.5) is 21.0 Å². The molecule has 5 rings (SSSR count). The SMILES string of the molecule is COCCN1C[C@@H](NC(=O)Nc2c(C)c(-c3cnc(N(C)CCCN(C)C)nc3)nn2-c2ccccc2)[C@H](c2ccnc(F)c2)O1. The lowest BCUT2D eigenvalue weighted by Gasteiger charge is -2.19. The number of pyridine rings is 1. The molecule has 0 spiro atoms. The summed E-state index contributed by atoms with van der Waals surface area (Å²) in [5.41, 5.74) is 3.44. The van der Waals surface area contributed by atoms with Crippen LogP contribution >= 0.6 is 0 Å². The number of urea groups is 1. The number of hydroxylamine groups is 2. The summed E-state index contributed by atoms with van der Waals surface area (Å²) in [6.45, 7) is 5.00. The van der Waals surface area contributed by atoms with Gasteiger partial charge >= 0.3 is 6.03 Å². The van der Waals surface area contributed by atoms with E-state index in [9.17, 15) is 9.18 Å². The van der Waals surface area contributed by atoms with Crippen LogP contribution in [-0.2, 0) is 9.57 Å². The molecule has 1 aromatic carbocycles. The zero-order chi connectivity index (χ0) is 32.6. The maximum Gasteiger partial charge on any atom is 0.320 e. The standard InChI is InChI=1S/C32H41FN10O3/c1-22-28(24-19-35-31(36-20-24)41(4)15-9-14-40(2)3)39-43(25-10-7-6-8-11-25)30(22)38-32(44)37-26-21-42(16-17-45-5)46-29(26)23-12-13-34-27(33)18-23/h6-8,10-13,18-20,26,29H,9,14-17,21H2,1-5H3,(H2,37,38,44)/t26-,29+/m1/s1. The van der Waals surface area contributed by atoms with E-state index in [0.717, 1.165) is 36.3 Å². The first-order valence-electron chi connectivity index (χ1n) is 15.2. The second kappa shape index (κ2) is 15.2. The van der Waals surface area contributed by atoms with Crippen LogP contribution in [0.15, 0.2) is 61.1 Å². The minimum Gasteiger partial charge on any atom is -0.383 e. The van der Waals surface area contributed by atoms with Crippen LogP contribution in [0, 0.1) is 12.9 Å². The fourth-order valence-electron chi connectivity index (χ4n) is 5.29. The number of nitrogens with zero attached hydrogens (tertiary/aromatic N) is 8. The van der Waals surface area contributed by atoms with Crippen molar-refractivity contribution in [2.24, 2.45) is 0 Å². The number of carbonyl (C=O) groups excluding carboxylic acids is 1. The number of hydrogen-bond acceptors (Lipinski definition) is 10. The van der Waals surface area contributed by atoms with Gasteiger partial charge in [0.05, 0.1) is 18.3 Å². The average molecular weight is 633 g/mol. The minimum atomic E-state index is -0.623. The summed E-state index contributed by atoms with van der Waals surface area (Å²) >= 11 is 0. The highest BCUT2D eigenvalue weighted by atomic mass is 19.1. The molecular weight excluding hydrogens is 591 g/mol. The molecule has 0 unspecified atom stereocenters. The van der Waals surface area contributed by atoms with Gasteiger partial charge in [-0.2, -0.15) is 14.6 Å². The number of rotatable bonds is 13. The van der Waals surface area contributed by atoms with Crippen LogP contribution in [-0.4, -0.2) is 108 Å². The van der Waals surface area contributed by atoms with E-state index in [2.05, 4.69) is 44.6 Å². The second-order valence-corrected chi connectivity index (χ2v) is 11.4. The maximum atomic E-state index is 14.0. The van der Waals surface area contributed by atoms with Gasteiger partial charge in [-0.1, -0.05) is 18.2 Å². The predicted molar refractivity (Wildman–Crippen MR) is 173 cm³/mol. The third kappa shape index (κ3) is 8.01. The van der Waals surface area contributed by atoms with Gasteiger partial charge in [-0.25, -0.2) is 24.4 Å². The summed E-state index contributed by atoms with van der Waals surface area (Å²) < 4.78 is 20.9. The topological polar surface area (TPSA) is 126 Å². The molecule has 0 bridgehead atoms. The molecule has 14 heteroatoms. The Morgan fingerprint density at radius 2 is 1.87 bits per heavy atom. The smallest absolute Gasteiger partial charge is 0.320 e. The zero-order valence-corrected chi connectivity index (χ0v) is 26.9. The lowest BCUT2D eigenvalue weighted by atomic mass is 10.0. The molecule has 2 amide bonds. The Labute approximate surface area is 268 Å². The van der Waals surface area contributed by atoms with Crippen molar-refractivity contribution in [2.45, 2.75) is 25.5 Å². The van der Waals surface area contributed by atoms with E-state index in [-0.39, 0.29) is 0 Å². The highest BCUT2D eigenvalue weighted by molar-refractivity contribution is 5.91. The molecular formula is C32H41FN10O3. The normalized spacial score (nSPS) is 16.6. The lowest BCUT2D eigenvalue weighted by Crippen LogP contribution is -2.42. The van der Waals surface area contributed by atoms with E-state index in [1.807, 2.05) is 49.2 Å². The predicted octanol–water partition coefficient (Wildman–Crippen LogP) is 3.68. The molecule has 1 fully saturated rings. The number of para-hydroxylation sites is 1. The Bertz CT molecular complexity index is 1590. The zero-order valence-electron chi connectivity index (χ0n) is 26.9. The van der Waals surface area contributed by atoms with Crippen LogP contribution in [0.1, 0.15) is 23.7 Å². The second-order valence-electron chi connectivity index (χ2n) is 11.4. The fraction of sp³-hybridized carbons (Fsp3) is 0.406. The first-order valence-corrected chi connectivity index (χ1v) is 15.2. The van der Waals surface area contributed by atoms with Crippen LogP contribution in [0.3, 0.4) is 0 Å². The summed E-state index contributed by atoms with van der Waals surface area (Å²) in [4.78, 5) is 36.7. The first kappa shape index (κ1) is 32.9. The number of methoxy groups -OCH3 is 1. The molecule has 1 aliphatic rings. The molecule has 0 aliphatic carbocycles. The molecule has 1 aliphatic heterocycles. The van der Waals surface area contributed by atoms with Crippen LogP contribution in [0.2, 0.25) is 0 Å². The molecule has 4 aromatic rings. The molecule has 13 nitrogen and oxygen atoms in total. The van der Waals surface area contributed by atoms with Gasteiger partial charge in [0.15, 0.2) is 0 Å². The summed E-state index contributed by atoms with van der Waals surface area (Å²) in [6.07, 6.45) is 5.26. The quantitative estimate of drug-likeness (QED) is 0.211. The summed E-state index contributed by atoms with van der Waals surface area (Å²) in [7, 11) is 7.69. The van der Waals surface area contributed by atoms with Crippen molar-refractivity contribution >= 4 is 17.8 Å². The molecule has 0 radical (unpaired) electrons. The Kier molecular flexibility index (Phi) is 10.9. The Balaban J connectivity index is 1.37. The molecule has 1 saturated heterocycles. The Morgan fingerprint density at radius 1 is 1.11 bits per heavy atom. The maximum absolute atomic E-state index is 14.0. The van der Waals surface area contributed by atoms with Crippen molar-refractivity contribution < 1.29 is 18.8 Å².